The van der Waals surface area contributed by atoms with Gasteiger partial charge in [0.2, 0.25) is 0 Å². The molecule has 0 atom stereocenters. The van der Waals surface area contributed by atoms with Crippen LogP contribution < -0.4 is 0 Å². The van der Waals surface area contributed by atoms with Gasteiger partial charge in [-0.3, -0.25) is 14.8 Å². The van der Waals surface area contributed by atoms with E-state index >= 15 is 0 Å². The van der Waals surface area contributed by atoms with Crippen LogP contribution in [-0.2, 0) is 6.54 Å². The van der Waals surface area contributed by atoms with Gasteiger partial charge < -0.3 is 0 Å². The van der Waals surface area contributed by atoms with Gasteiger partial charge in [0.1, 0.15) is 0 Å². The Morgan fingerprint density at radius 2 is 2.29 bits per heavy atom. The van der Waals surface area contributed by atoms with E-state index in [1.54, 1.807) is 16.8 Å². The van der Waals surface area contributed by atoms with Crippen LogP contribution in [0.3, 0.4) is 0 Å². The molecule has 1 aromatic heterocycles. The monoisotopic (exact) mass is 295 g/mol. The normalized spacial score (nSPS) is 10.5. The maximum absolute atomic E-state index is 10.6. The van der Waals surface area contributed by atoms with E-state index in [4.69, 9.17) is 0 Å². The maximum atomic E-state index is 10.6. The summed E-state index contributed by atoms with van der Waals surface area (Å²) >= 11 is 3.38. The minimum absolute atomic E-state index is 0.102. The van der Waals surface area contributed by atoms with Gasteiger partial charge in [-0.1, -0.05) is 12.1 Å². The quantitative estimate of drug-likeness (QED) is 0.646. The van der Waals surface area contributed by atoms with Gasteiger partial charge in [0, 0.05) is 18.3 Å². The number of aromatic nitrogens is 2. The molecule has 0 fully saturated rings. The Balaban J connectivity index is 2.24. The van der Waals surface area contributed by atoms with Crippen LogP contribution in [0.15, 0.2) is 34.9 Å². The third-order valence-corrected chi connectivity index (χ3v) is 3.13. The zero-order valence-electron chi connectivity index (χ0n) is 9.13. The number of non-ortho nitro benzene ring substituents is 1. The Morgan fingerprint density at radius 1 is 1.53 bits per heavy atom. The van der Waals surface area contributed by atoms with Crippen molar-refractivity contribution in [1.29, 1.82) is 0 Å². The topological polar surface area (TPSA) is 61.0 Å². The van der Waals surface area contributed by atoms with Gasteiger partial charge in [-0.15, -0.1) is 0 Å². The summed E-state index contributed by atoms with van der Waals surface area (Å²) in [5, 5.41) is 14.9. The van der Waals surface area contributed by atoms with Gasteiger partial charge in [0.15, 0.2) is 0 Å². The molecule has 0 radical (unpaired) electrons. The molecule has 0 aliphatic heterocycles. The molecule has 6 heteroatoms. The zero-order valence-corrected chi connectivity index (χ0v) is 10.7. The Labute approximate surface area is 106 Å². The first-order valence-electron chi connectivity index (χ1n) is 4.99. The molecule has 1 aromatic carbocycles. The highest BCUT2D eigenvalue weighted by atomic mass is 79.9. The number of nitro benzene ring substituents is 1. The van der Waals surface area contributed by atoms with E-state index in [1.165, 1.54) is 6.07 Å². The van der Waals surface area contributed by atoms with Crippen molar-refractivity contribution in [1.82, 2.24) is 9.78 Å². The Hall–Kier alpha value is -1.69. The number of nitrogens with zero attached hydrogens (tertiary/aromatic N) is 3. The zero-order chi connectivity index (χ0) is 12.4. The number of benzene rings is 1. The highest BCUT2D eigenvalue weighted by molar-refractivity contribution is 9.10. The molecule has 0 saturated heterocycles. The SMILES string of the molecule is Cc1nn(Cc2cccc([N+](=O)[O-])c2)cc1Br. The van der Waals surface area contributed by atoms with E-state index in [9.17, 15) is 10.1 Å². The lowest BCUT2D eigenvalue weighted by Crippen LogP contribution is -2.01. The number of halogens is 1. The largest absolute Gasteiger partial charge is 0.269 e. The van der Waals surface area contributed by atoms with Crippen molar-refractivity contribution in [2.24, 2.45) is 0 Å². The van der Waals surface area contributed by atoms with Gasteiger partial charge in [-0.25, -0.2) is 0 Å². The van der Waals surface area contributed by atoms with Gasteiger partial charge in [0.25, 0.3) is 5.69 Å². The second kappa shape index (κ2) is 4.67. The average Bonchev–Trinajstić information content (AvgIpc) is 2.58. The average molecular weight is 296 g/mol. The molecule has 2 aromatic rings. The lowest BCUT2D eigenvalue weighted by atomic mass is 10.2. The number of aryl methyl sites for hydroxylation is 1. The number of hydrogen-bond donors (Lipinski definition) is 0. The van der Waals surface area contributed by atoms with E-state index < -0.39 is 4.92 Å². The van der Waals surface area contributed by atoms with Crippen LogP contribution >= 0.6 is 15.9 Å². The van der Waals surface area contributed by atoms with Gasteiger partial charge in [0.05, 0.1) is 21.6 Å². The molecular weight excluding hydrogens is 286 g/mol. The summed E-state index contributed by atoms with van der Waals surface area (Å²) in [6, 6.07) is 6.56. The number of hydrogen-bond acceptors (Lipinski definition) is 3. The summed E-state index contributed by atoms with van der Waals surface area (Å²) in [6.07, 6.45) is 1.86. The van der Waals surface area contributed by atoms with Crippen molar-refractivity contribution in [3.05, 3.63) is 56.3 Å². The van der Waals surface area contributed by atoms with Crippen LogP contribution in [0.1, 0.15) is 11.3 Å². The predicted octanol–water partition coefficient (Wildman–Crippen LogP) is 2.91. The molecule has 5 nitrogen and oxygen atoms in total. The molecule has 0 N–H and O–H groups in total. The van der Waals surface area contributed by atoms with Crippen LogP contribution in [0, 0.1) is 17.0 Å². The smallest absolute Gasteiger partial charge is 0.267 e. The maximum Gasteiger partial charge on any atom is 0.269 e. The molecule has 0 aliphatic rings. The standard InChI is InChI=1S/C11H10BrN3O2/c1-8-11(12)7-14(13-8)6-9-3-2-4-10(5-9)15(16)17/h2-5,7H,6H2,1H3. The number of nitro groups is 1. The molecule has 0 bridgehead atoms. The molecule has 0 spiro atoms. The molecule has 0 unspecified atom stereocenters. The summed E-state index contributed by atoms with van der Waals surface area (Å²) in [7, 11) is 0. The summed E-state index contributed by atoms with van der Waals surface area (Å²) in [6.45, 7) is 2.42. The van der Waals surface area contributed by atoms with E-state index in [0.29, 0.717) is 6.54 Å². The molecule has 88 valence electrons. The third-order valence-electron chi connectivity index (χ3n) is 2.35. The Kier molecular flexibility index (Phi) is 3.23. The van der Waals surface area contributed by atoms with Gasteiger partial charge in [-0.2, -0.15) is 5.10 Å². The predicted molar refractivity (Wildman–Crippen MR) is 66.9 cm³/mol. The van der Waals surface area contributed by atoms with Crippen LogP contribution in [-0.4, -0.2) is 14.7 Å². The lowest BCUT2D eigenvalue weighted by molar-refractivity contribution is -0.384. The molecule has 0 saturated carbocycles. The molecule has 0 amide bonds. The van der Waals surface area contributed by atoms with Crippen molar-refractivity contribution in [3.8, 4) is 0 Å². The van der Waals surface area contributed by atoms with Crippen LogP contribution in [0.25, 0.3) is 0 Å². The first-order chi connectivity index (χ1) is 8.06. The van der Waals surface area contributed by atoms with E-state index in [1.807, 2.05) is 19.2 Å². The highest BCUT2D eigenvalue weighted by Crippen LogP contribution is 2.17. The molecule has 2 rings (SSSR count). The van der Waals surface area contributed by atoms with Crippen molar-refractivity contribution < 1.29 is 4.92 Å². The molecule has 0 aliphatic carbocycles. The Bertz CT molecular complexity index is 546. The van der Waals surface area contributed by atoms with Gasteiger partial charge >= 0.3 is 0 Å². The van der Waals surface area contributed by atoms with Crippen molar-refractivity contribution in [2.75, 3.05) is 0 Å². The van der Waals surface area contributed by atoms with E-state index in [0.717, 1.165) is 15.7 Å². The molecule has 1 heterocycles. The van der Waals surface area contributed by atoms with Crippen molar-refractivity contribution in [3.63, 3.8) is 0 Å². The fourth-order valence-corrected chi connectivity index (χ4v) is 1.85. The van der Waals surface area contributed by atoms with E-state index in [2.05, 4.69) is 21.0 Å². The number of rotatable bonds is 3. The summed E-state index contributed by atoms with van der Waals surface area (Å²) in [4.78, 5) is 10.2. The van der Waals surface area contributed by atoms with Gasteiger partial charge in [-0.05, 0) is 28.4 Å². The van der Waals surface area contributed by atoms with Crippen molar-refractivity contribution in [2.45, 2.75) is 13.5 Å². The second-order valence-electron chi connectivity index (χ2n) is 3.69. The summed E-state index contributed by atoms with van der Waals surface area (Å²) in [5.41, 5.74) is 1.86. The Morgan fingerprint density at radius 3 is 2.88 bits per heavy atom. The fourth-order valence-electron chi connectivity index (χ4n) is 1.53. The summed E-state index contributed by atoms with van der Waals surface area (Å²) in [5.74, 6) is 0. The second-order valence-corrected chi connectivity index (χ2v) is 4.54. The minimum Gasteiger partial charge on any atom is -0.267 e. The molecular formula is C11H10BrN3O2. The third kappa shape index (κ3) is 2.71. The highest BCUT2D eigenvalue weighted by Gasteiger charge is 2.07. The summed E-state index contributed by atoms with van der Waals surface area (Å²) < 4.78 is 2.68. The molecule has 17 heavy (non-hydrogen) atoms. The first-order valence-corrected chi connectivity index (χ1v) is 5.78. The fraction of sp³-hybridized carbons (Fsp3) is 0.182. The minimum atomic E-state index is -0.395. The van der Waals surface area contributed by atoms with Crippen LogP contribution in [0.2, 0.25) is 0 Å². The van der Waals surface area contributed by atoms with Crippen molar-refractivity contribution >= 4 is 21.6 Å². The van der Waals surface area contributed by atoms with E-state index in [-0.39, 0.29) is 5.69 Å². The lowest BCUT2D eigenvalue weighted by Gasteiger charge is -2.01. The van der Waals surface area contributed by atoms with Crippen LogP contribution in [0.4, 0.5) is 5.69 Å². The van der Waals surface area contributed by atoms with Crippen LogP contribution in [0.5, 0.6) is 0 Å². The first kappa shape index (κ1) is 11.8.